The lowest BCUT2D eigenvalue weighted by Gasteiger charge is -2.52. The lowest BCUT2D eigenvalue weighted by atomic mass is 9.71. The van der Waals surface area contributed by atoms with Gasteiger partial charge < -0.3 is 0 Å². The molecule has 2 atom stereocenters. The van der Waals surface area contributed by atoms with Gasteiger partial charge in [0.1, 0.15) is 0 Å². The van der Waals surface area contributed by atoms with Crippen LogP contribution in [0.25, 0.3) is 0 Å². The zero-order chi connectivity index (χ0) is 19.5. The van der Waals surface area contributed by atoms with Crippen LogP contribution in [0.5, 0.6) is 0 Å². The molecule has 2 bridgehead atoms. The fourth-order valence-corrected chi connectivity index (χ4v) is 5.20. The van der Waals surface area contributed by atoms with Crippen LogP contribution < -0.4 is 0 Å². The normalized spacial score (nSPS) is 26.2. The largest absolute Gasteiger partial charge is 0.297 e. The molecule has 0 N–H and O–H groups in total. The van der Waals surface area contributed by atoms with E-state index in [1.807, 2.05) is 24.7 Å². The van der Waals surface area contributed by atoms with E-state index in [2.05, 4.69) is 76.6 Å². The second kappa shape index (κ2) is 8.30. The van der Waals surface area contributed by atoms with Gasteiger partial charge in [-0.15, -0.1) is 0 Å². The number of aliphatic imine (C=N–C) groups is 1. The van der Waals surface area contributed by atoms with Crippen molar-refractivity contribution >= 4 is 6.21 Å². The van der Waals surface area contributed by atoms with Gasteiger partial charge in [0, 0.05) is 36.1 Å². The molecule has 4 heterocycles. The van der Waals surface area contributed by atoms with E-state index in [1.165, 1.54) is 37.1 Å². The molecule has 3 heteroatoms. The Morgan fingerprint density at radius 1 is 0.862 bits per heavy atom. The minimum absolute atomic E-state index is 0.308. The highest BCUT2D eigenvalue weighted by atomic mass is 15.2. The Labute approximate surface area is 173 Å². The maximum atomic E-state index is 5.18. The van der Waals surface area contributed by atoms with Crippen molar-refractivity contribution in [2.24, 2.45) is 10.9 Å². The highest BCUT2D eigenvalue weighted by Crippen LogP contribution is 2.43. The number of hydrogen-bond donors (Lipinski definition) is 0. The number of hydrogen-bond acceptors (Lipinski definition) is 3. The van der Waals surface area contributed by atoms with Crippen LogP contribution in [-0.4, -0.2) is 41.3 Å². The highest BCUT2D eigenvalue weighted by molar-refractivity contribution is 5.79. The van der Waals surface area contributed by atoms with Gasteiger partial charge in [-0.05, 0) is 49.0 Å². The lowest BCUT2D eigenvalue weighted by Crippen LogP contribution is -2.59. The molecule has 3 nitrogen and oxygen atoms in total. The molecule has 0 aliphatic carbocycles. The average Bonchev–Trinajstić information content (AvgIpc) is 2.81. The van der Waals surface area contributed by atoms with E-state index in [-0.39, 0.29) is 0 Å². The SMILES string of the molecule is C(=N/C1C2CCN(CC2)C1C(c1ccccc1)c1ccccc1)/c1cccnc1. The van der Waals surface area contributed by atoms with Gasteiger partial charge in [-0.25, -0.2) is 0 Å². The minimum atomic E-state index is 0.308. The van der Waals surface area contributed by atoms with Gasteiger partial charge in [-0.2, -0.15) is 0 Å². The first-order valence-electron chi connectivity index (χ1n) is 10.7. The molecular weight excluding hydrogens is 354 g/mol. The monoisotopic (exact) mass is 381 g/mol. The van der Waals surface area contributed by atoms with E-state index < -0.39 is 0 Å². The summed E-state index contributed by atoms with van der Waals surface area (Å²) in [5, 5.41) is 0. The molecule has 2 unspecified atom stereocenters. The second-order valence-electron chi connectivity index (χ2n) is 8.22. The first-order valence-corrected chi connectivity index (χ1v) is 10.7. The van der Waals surface area contributed by atoms with Gasteiger partial charge >= 0.3 is 0 Å². The molecule has 29 heavy (non-hydrogen) atoms. The van der Waals surface area contributed by atoms with E-state index in [9.17, 15) is 0 Å². The van der Waals surface area contributed by atoms with Crippen LogP contribution in [0.1, 0.15) is 35.4 Å². The molecule has 0 spiro atoms. The number of fused-ring (bicyclic) bond motifs is 3. The predicted molar refractivity (Wildman–Crippen MR) is 118 cm³/mol. The predicted octanol–water partition coefficient (Wildman–Crippen LogP) is 4.80. The molecule has 3 aliphatic heterocycles. The van der Waals surface area contributed by atoms with Gasteiger partial charge in [0.15, 0.2) is 0 Å². The van der Waals surface area contributed by atoms with Crippen molar-refractivity contribution in [1.29, 1.82) is 0 Å². The molecule has 0 saturated carbocycles. The standard InChI is InChI=1S/C26H27N3/c1-3-9-21(10-4-1)24(22-11-5-2-6-12-22)26-25(23-13-16-29(26)17-14-23)28-19-20-8-7-15-27-18-20/h1-12,15,18-19,23-26H,13-14,16-17H2/b28-19-. The first kappa shape index (κ1) is 18.3. The summed E-state index contributed by atoms with van der Waals surface area (Å²) >= 11 is 0. The van der Waals surface area contributed by atoms with Crippen molar-refractivity contribution in [3.63, 3.8) is 0 Å². The van der Waals surface area contributed by atoms with Crippen molar-refractivity contribution in [2.45, 2.75) is 30.8 Å². The minimum Gasteiger partial charge on any atom is -0.297 e. The topological polar surface area (TPSA) is 28.5 Å². The number of nitrogens with zero attached hydrogens (tertiary/aromatic N) is 3. The van der Waals surface area contributed by atoms with Crippen LogP contribution in [0, 0.1) is 5.92 Å². The number of rotatable bonds is 5. The van der Waals surface area contributed by atoms with E-state index >= 15 is 0 Å². The van der Waals surface area contributed by atoms with Gasteiger partial charge in [0.05, 0.1) is 6.04 Å². The number of benzene rings is 2. The zero-order valence-electron chi connectivity index (χ0n) is 16.6. The molecule has 3 aliphatic rings. The molecule has 0 radical (unpaired) electrons. The van der Waals surface area contributed by atoms with Gasteiger partial charge in [0.25, 0.3) is 0 Å². The maximum Gasteiger partial charge on any atom is 0.0693 e. The molecular formula is C26H27N3. The number of pyridine rings is 1. The van der Waals surface area contributed by atoms with E-state index in [1.54, 1.807) is 0 Å². The molecule has 3 fully saturated rings. The molecule has 3 saturated heterocycles. The van der Waals surface area contributed by atoms with Crippen LogP contribution in [0.15, 0.2) is 90.2 Å². The van der Waals surface area contributed by atoms with Crippen LogP contribution in [0.2, 0.25) is 0 Å². The molecule has 0 amide bonds. The Kier molecular flexibility index (Phi) is 5.23. The van der Waals surface area contributed by atoms with Crippen LogP contribution in [-0.2, 0) is 0 Å². The number of aromatic nitrogens is 1. The van der Waals surface area contributed by atoms with Crippen LogP contribution in [0.3, 0.4) is 0 Å². The lowest BCUT2D eigenvalue weighted by molar-refractivity contribution is 0.0215. The maximum absolute atomic E-state index is 5.18. The Bertz CT molecular complexity index is 892. The Morgan fingerprint density at radius 2 is 1.52 bits per heavy atom. The molecule has 2 aromatic carbocycles. The zero-order valence-corrected chi connectivity index (χ0v) is 16.6. The summed E-state index contributed by atoms with van der Waals surface area (Å²) in [6.45, 7) is 2.37. The van der Waals surface area contributed by atoms with Gasteiger partial charge in [0.2, 0.25) is 0 Å². The third-order valence-electron chi connectivity index (χ3n) is 6.57. The second-order valence-corrected chi connectivity index (χ2v) is 8.22. The van der Waals surface area contributed by atoms with E-state index in [4.69, 9.17) is 4.99 Å². The summed E-state index contributed by atoms with van der Waals surface area (Å²) in [6.07, 6.45) is 8.25. The summed E-state index contributed by atoms with van der Waals surface area (Å²) in [5.74, 6) is 0.990. The van der Waals surface area contributed by atoms with E-state index in [0.717, 1.165) is 5.56 Å². The molecule has 3 aromatic rings. The Hall–Kier alpha value is -2.78. The Morgan fingerprint density at radius 3 is 2.10 bits per heavy atom. The summed E-state index contributed by atoms with van der Waals surface area (Å²) in [7, 11) is 0. The van der Waals surface area contributed by atoms with Crippen LogP contribution in [0.4, 0.5) is 0 Å². The Balaban J connectivity index is 1.56. The summed E-state index contributed by atoms with van der Waals surface area (Å²) in [5.41, 5.74) is 3.86. The van der Waals surface area contributed by atoms with Crippen LogP contribution >= 0.6 is 0 Å². The van der Waals surface area contributed by atoms with Gasteiger partial charge in [-0.1, -0.05) is 66.7 Å². The summed E-state index contributed by atoms with van der Waals surface area (Å²) < 4.78 is 0. The van der Waals surface area contributed by atoms with Crippen molar-refractivity contribution in [1.82, 2.24) is 9.88 Å². The third kappa shape index (κ3) is 3.75. The van der Waals surface area contributed by atoms with E-state index in [0.29, 0.717) is 23.9 Å². The summed E-state index contributed by atoms with van der Waals surface area (Å²) in [6, 6.07) is 26.7. The van der Waals surface area contributed by atoms with Crippen molar-refractivity contribution < 1.29 is 0 Å². The molecule has 1 aromatic heterocycles. The number of piperidine rings is 3. The fraction of sp³-hybridized carbons (Fsp3) is 0.308. The first-order chi connectivity index (χ1) is 14.4. The molecule has 146 valence electrons. The van der Waals surface area contributed by atoms with Gasteiger partial charge in [-0.3, -0.25) is 14.9 Å². The fourth-order valence-electron chi connectivity index (χ4n) is 5.20. The van der Waals surface area contributed by atoms with Crippen molar-refractivity contribution in [3.05, 3.63) is 102 Å². The smallest absolute Gasteiger partial charge is 0.0693 e. The molecule has 6 rings (SSSR count). The van der Waals surface area contributed by atoms with Crippen molar-refractivity contribution in [2.75, 3.05) is 13.1 Å². The highest BCUT2D eigenvalue weighted by Gasteiger charge is 2.46. The summed E-state index contributed by atoms with van der Waals surface area (Å²) in [4.78, 5) is 12.1. The third-order valence-corrected chi connectivity index (χ3v) is 6.57. The average molecular weight is 382 g/mol. The van der Waals surface area contributed by atoms with Crippen molar-refractivity contribution in [3.8, 4) is 0 Å². The quantitative estimate of drug-likeness (QED) is 0.594.